The minimum atomic E-state index is -4.64. The molecule has 0 saturated carbocycles. The minimum absolute atomic E-state index is 0.0208. The summed E-state index contributed by atoms with van der Waals surface area (Å²) in [5, 5.41) is 10.5. The van der Waals surface area contributed by atoms with Crippen molar-refractivity contribution in [3.8, 4) is 11.1 Å². The van der Waals surface area contributed by atoms with E-state index in [0.717, 1.165) is 16.9 Å². The van der Waals surface area contributed by atoms with Crippen LogP contribution in [-0.4, -0.2) is 45.1 Å². The number of aliphatic imine (C=N–C) groups is 1. The quantitative estimate of drug-likeness (QED) is 0.236. The topological polar surface area (TPSA) is 139 Å². The molecule has 0 aliphatic heterocycles. The summed E-state index contributed by atoms with van der Waals surface area (Å²) in [6, 6.07) is 2.86. The zero-order valence-electron chi connectivity index (χ0n) is 19.4. The summed E-state index contributed by atoms with van der Waals surface area (Å²) in [5.74, 6) is -1.74. The number of amidine groups is 1. The Hall–Kier alpha value is -4.49. The third kappa shape index (κ3) is 6.14. The van der Waals surface area contributed by atoms with Crippen molar-refractivity contribution in [1.82, 2.24) is 25.2 Å². The largest absolute Gasteiger partial charge is 0.405 e. The number of amides is 3. The maximum atomic E-state index is 14.9. The molecule has 0 radical (unpaired) electrons. The number of nitrogens with one attached hydrogen (secondary N) is 3. The number of aromatic nitrogens is 3. The monoisotopic (exact) mass is 506 g/mol. The predicted octanol–water partition coefficient (Wildman–Crippen LogP) is 3.87. The molecule has 190 valence electrons. The van der Waals surface area contributed by atoms with E-state index in [9.17, 15) is 27.2 Å². The molecule has 36 heavy (non-hydrogen) atoms. The zero-order valence-corrected chi connectivity index (χ0v) is 19.4. The molecule has 0 aliphatic rings. The number of benzene rings is 1. The Morgan fingerprint density at radius 3 is 2.61 bits per heavy atom. The van der Waals surface area contributed by atoms with Crippen molar-refractivity contribution >= 4 is 34.8 Å². The van der Waals surface area contributed by atoms with Crippen molar-refractivity contribution in [1.29, 1.82) is 0 Å². The maximum absolute atomic E-state index is 14.9. The van der Waals surface area contributed by atoms with E-state index in [2.05, 4.69) is 25.7 Å². The number of allylic oxidation sites excluding steroid dienone is 2. The molecular formula is C22H22F4N8O2. The van der Waals surface area contributed by atoms with Gasteiger partial charge in [-0.3, -0.25) is 10.1 Å². The van der Waals surface area contributed by atoms with Gasteiger partial charge in [0.1, 0.15) is 30.0 Å². The number of hydrogen-bond acceptors (Lipinski definition) is 6. The number of halogens is 4. The molecule has 0 atom stereocenters. The highest BCUT2D eigenvalue weighted by atomic mass is 19.4. The van der Waals surface area contributed by atoms with Crippen molar-refractivity contribution in [2.24, 2.45) is 4.99 Å². The van der Waals surface area contributed by atoms with Crippen LogP contribution in [0.1, 0.15) is 31.1 Å². The Bertz CT molecular complexity index is 1380. The third-order valence-electron chi connectivity index (χ3n) is 4.86. The van der Waals surface area contributed by atoms with E-state index < -0.39 is 30.5 Å². The number of fused-ring (bicyclic) bond motifs is 1. The number of carbonyl (C=O) groups is 2. The van der Waals surface area contributed by atoms with Crippen LogP contribution in [0.3, 0.4) is 0 Å². The number of rotatable bonds is 5. The molecule has 2 heterocycles. The standard InChI is InChI=1S/C22H22F4N8O2/c1-4-11(2)31-12(3)32-21(36)33-16-6-5-13(7-15(16)23)17-14(20(35)28-9-22(24,25)26)8-34-18(17)19(27)29-10-30-34/h4-8,10H,9H2,1-3H3,(H,28,35)(H2,27,29,30)(H2,31,32,33,36)/b11-4-. The molecule has 3 aromatic rings. The molecule has 0 bridgehead atoms. The fourth-order valence-electron chi connectivity index (χ4n) is 3.22. The number of alkyl halides is 3. The average Bonchev–Trinajstić information content (AvgIpc) is 3.19. The summed E-state index contributed by atoms with van der Waals surface area (Å²) >= 11 is 0. The molecule has 10 nitrogen and oxygen atoms in total. The lowest BCUT2D eigenvalue weighted by molar-refractivity contribution is -0.123. The molecule has 3 amide bonds. The van der Waals surface area contributed by atoms with E-state index in [4.69, 9.17) is 5.73 Å². The number of nitrogens with two attached hydrogens (primary N) is 1. The molecule has 0 unspecified atom stereocenters. The van der Waals surface area contributed by atoms with E-state index in [1.165, 1.54) is 18.3 Å². The van der Waals surface area contributed by atoms with E-state index in [-0.39, 0.29) is 39.5 Å². The maximum Gasteiger partial charge on any atom is 0.405 e. The number of anilines is 2. The van der Waals surface area contributed by atoms with Gasteiger partial charge in [0, 0.05) is 17.5 Å². The van der Waals surface area contributed by atoms with Gasteiger partial charge in [0.15, 0.2) is 5.82 Å². The van der Waals surface area contributed by atoms with Crippen molar-refractivity contribution in [2.75, 3.05) is 17.6 Å². The van der Waals surface area contributed by atoms with E-state index in [1.54, 1.807) is 32.2 Å². The van der Waals surface area contributed by atoms with Gasteiger partial charge >= 0.3 is 12.2 Å². The molecule has 14 heteroatoms. The van der Waals surface area contributed by atoms with E-state index in [1.807, 2.05) is 0 Å². The highest BCUT2D eigenvalue weighted by Gasteiger charge is 2.29. The number of nitrogens with zero attached hydrogens (tertiary/aromatic N) is 4. The summed E-state index contributed by atoms with van der Waals surface area (Å²) in [7, 11) is 0. The Labute approximate surface area is 202 Å². The van der Waals surface area contributed by atoms with E-state index in [0.29, 0.717) is 5.70 Å². The highest BCUT2D eigenvalue weighted by molar-refractivity contribution is 6.07. The molecule has 1 aromatic carbocycles. The van der Waals surface area contributed by atoms with Crippen molar-refractivity contribution in [3.05, 3.63) is 53.9 Å². The minimum Gasteiger partial charge on any atom is -0.382 e. The molecule has 0 saturated heterocycles. The van der Waals surface area contributed by atoms with Crippen LogP contribution in [-0.2, 0) is 0 Å². The molecule has 2 aromatic heterocycles. The van der Waals surface area contributed by atoms with Gasteiger partial charge in [0.2, 0.25) is 0 Å². The average molecular weight is 506 g/mol. The van der Waals surface area contributed by atoms with Crippen LogP contribution >= 0.6 is 0 Å². The second-order valence-electron chi connectivity index (χ2n) is 7.56. The van der Waals surface area contributed by atoms with Crippen LogP contribution in [0, 0.1) is 5.82 Å². The van der Waals surface area contributed by atoms with Gasteiger partial charge in [-0.2, -0.15) is 18.3 Å². The summed E-state index contributed by atoms with van der Waals surface area (Å²) in [6.07, 6.45) is -0.634. The van der Waals surface area contributed by atoms with Gasteiger partial charge in [-0.15, -0.1) is 0 Å². The smallest absolute Gasteiger partial charge is 0.382 e. The Kier molecular flexibility index (Phi) is 7.56. The van der Waals surface area contributed by atoms with Gasteiger partial charge in [-0.05, 0) is 38.5 Å². The lowest BCUT2D eigenvalue weighted by atomic mass is 10.0. The zero-order chi connectivity index (χ0) is 26.6. The summed E-state index contributed by atoms with van der Waals surface area (Å²) in [4.78, 5) is 32.7. The first-order valence-corrected chi connectivity index (χ1v) is 10.4. The van der Waals surface area contributed by atoms with Crippen LogP contribution in [0.25, 0.3) is 16.6 Å². The number of nitrogen functional groups attached to an aromatic ring is 1. The van der Waals surface area contributed by atoms with Crippen molar-refractivity contribution in [3.63, 3.8) is 0 Å². The Morgan fingerprint density at radius 2 is 1.97 bits per heavy atom. The first-order chi connectivity index (χ1) is 16.9. The molecule has 0 fully saturated rings. The lowest BCUT2D eigenvalue weighted by Crippen LogP contribution is -2.33. The normalized spacial score (nSPS) is 12.5. The SMILES string of the molecule is C/C=C(/C)N=C(C)NC(=O)Nc1ccc(-c2c(C(=O)NCC(F)(F)F)cn3ncnc(N)c23)cc1F. The first kappa shape index (κ1) is 26.1. The predicted molar refractivity (Wildman–Crippen MR) is 126 cm³/mol. The van der Waals surface area contributed by atoms with Gasteiger partial charge in [-0.25, -0.2) is 23.7 Å². The Balaban J connectivity index is 1.95. The number of hydrogen-bond donors (Lipinski definition) is 4. The summed E-state index contributed by atoms with van der Waals surface area (Å²) in [5.41, 5.74) is 6.38. The van der Waals surface area contributed by atoms with Crippen LogP contribution in [0.5, 0.6) is 0 Å². The fraction of sp³-hybridized carbons (Fsp3) is 0.227. The van der Waals surface area contributed by atoms with Crippen molar-refractivity contribution in [2.45, 2.75) is 26.9 Å². The van der Waals surface area contributed by atoms with Gasteiger partial charge in [-0.1, -0.05) is 12.1 Å². The summed E-state index contributed by atoms with van der Waals surface area (Å²) < 4.78 is 54.0. The lowest BCUT2D eigenvalue weighted by Gasteiger charge is -2.11. The summed E-state index contributed by atoms with van der Waals surface area (Å²) in [6.45, 7) is 3.51. The molecule has 5 N–H and O–H groups in total. The fourth-order valence-corrected chi connectivity index (χ4v) is 3.22. The van der Waals surface area contributed by atoms with Crippen LogP contribution < -0.4 is 21.7 Å². The van der Waals surface area contributed by atoms with Gasteiger partial charge in [0.25, 0.3) is 5.91 Å². The second-order valence-corrected chi connectivity index (χ2v) is 7.56. The Morgan fingerprint density at radius 1 is 1.25 bits per heavy atom. The molecule has 3 rings (SSSR count). The van der Waals surface area contributed by atoms with Gasteiger partial charge < -0.3 is 16.4 Å². The number of urea groups is 1. The van der Waals surface area contributed by atoms with Crippen LogP contribution in [0.15, 0.2) is 47.5 Å². The molecule has 0 aliphatic carbocycles. The molecule has 0 spiro atoms. The molecular weight excluding hydrogens is 484 g/mol. The third-order valence-corrected chi connectivity index (χ3v) is 4.86. The second kappa shape index (κ2) is 10.4. The van der Waals surface area contributed by atoms with E-state index >= 15 is 0 Å². The van der Waals surface area contributed by atoms with Crippen LogP contribution in [0.2, 0.25) is 0 Å². The first-order valence-electron chi connectivity index (χ1n) is 10.4. The van der Waals surface area contributed by atoms with Crippen molar-refractivity contribution < 1.29 is 27.2 Å². The highest BCUT2D eigenvalue weighted by Crippen LogP contribution is 2.34. The number of carbonyl (C=O) groups excluding carboxylic acids is 2. The van der Waals surface area contributed by atoms with Crippen LogP contribution in [0.4, 0.5) is 33.9 Å². The van der Waals surface area contributed by atoms with Gasteiger partial charge in [0.05, 0.1) is 11.3 Å².